The Kier molecular flexibility index (Phi) is 26.9. The smallest absolute Gasteiger partial charge is 0.326 e. The van der Waals surface area contributed by atoms with Crippen molar-refractivity contribution in [1.29, 1.82) is 0 Å². The minimum atomic E-state index is -1.02. The van der Waals surface area contributed by atoms with E-state index in [4.69, 9.17) is 10.5 Å². The molecule has 7 heteroatoms. The highest BCUT2D eigenvalue weighted by atomic mass is 16.5. The van der Waals surface area contributed by atoms with E-state index in [2.05, 4.69) is 43.5 Å². The van der Waals surface area contributed by atoms with Gasteiger partial charge in [-0.15, -0.1) is 0 Å². The van der Waals surface area contributed by atoms with E-state index in [0.717, 1.165) is 64.2 Å². The van der Waals surface area contributed by atoms with Gasteiger partial charge in [-0.1, -0.05) is 83.1 Å². The van der Waals surface area contributed by atoms with Gasteiger partial charge in [-0.3, -0.25) is 9.59 Å². The number of rotatable bonds is 28. The molecule has 0 spiro atoms. The Morgan fingerprint density at radius 2 is 1.35 bits per heavy atom. The van der Waals surface area contributed by atoms with Gasteiger partial charge in [0.2, 0.25) is 5.91 Å². The van der Waals surface area contributed by atoms with Gasteiger partial charge in [-0.05, 0) is 83.6 Å². The Morgan fingerprint density at radius 3 is 2.00 bits per heavy atom. The summed E-state index contributed by atoms with van der Waals surface area (Å²) in [7, 11) is 0. The Labute approximate surface area is 244 Å². The molecule has 7 nitrogen and oxygen atoms in total. The van der Waals surface area contributed by atoms with Gasteiger partial charge in [0.25, 0.3) is 0 Å². The number of aliphatic carboxylic acids is 1. The Bertz CT molecular complexity index is 692. The summed E-state index contributed by atoms with van der Waals surface area (Å²) in [6.07, 6.45) is 28.6. The maximum atomic E-state index is 12.3. The van der Waals surface area contributed by atoms with Crippen LogP contribution in [0.25, 0.3) is 0 Å². The van der Waals surface area contributed by atoms with E-state index in [1.54, 1.807) is 0 Å². The van der Waals surface area contributed by atoms with E-state index >= 15 is 0 Å². The molecule has 0 fully saturated rings. The number of amides is 1. The second kappa shape index (κ2) is 28.4. The zero-order chi connectivity index (χ0) is 29.7. The molecule has 1 amide bonds. The van der Waals surface area contributed by atoms with E-state index in [1.807, 2.05) is 0 Å². The van der Waals surface area contributed by atoms with Gasteiger partial charge >= 0.3 is 11.9 Å². The minimum absolute atomic E-state index is 0.0584. The number of esters is 1. The van der Waals surface area contributed by atoms with Crippen LogP contribution in [0.15, 0.2) is 24.3 Å². The lowest BCUT2D eigenvalue weighted by atomic mass is 10.0. The average molecular weight is 565 g/mol. The summed E-state index contributed by atoms with van der Waals surface area (Å²) < 4.78 is 5.75. The van der Waals surface area contributed by atoms with E-state index in [1.165, 1.54) is 38.5 Å². The molecule has 0 heterocycles. The van der Waals surface area contributed by atoms with Crippen LogP contribution in [0.5, 0.6) is 0 Å². The number of unbranched alkanes of at least 4 members (excludes halogenated alkanes) is 10. The molecule has 0 saturated heterocycles. The SMILES string of the molecule is CCCCC/C=C\C/C=C\CCCCCCCC(=O)OC(CCC)CCCCCC(=O)NC(CCCN)C(=O)O. The lowest BCUT2D eigenvalue weighted by Crippen LogP contribution is -2.40. The molecule has 0 rings (SSSR count). The highest BCUT2D eigenvalue weighted by Crippen LogP contribution is 2.15. The summed E-state index contributed by atoms with van der Waals surface area (Å²) in [5.41, 5.74) is 5.43. The number of carboxylic acid groups (broad SMARTS) is 1. The van der Waals surface area contributed by atoms with Crippen LogP contribution in [-0.2, 0) is 19.1 Å². The van der Waals surface area contributed by atoms with Crippen LogP contribution in [0.2, 0.25) is 0 Å². The standard InChI is InChI=1S/C33H60N2O5/c1-3-5-6-7-8-9-10-11-12-13-14-15-16-17-21-27-32(37)40-29(23-4-2)24-19-18-20-26-31(36)35-30(33(38)39)25-22-28-34/h8-9,11-12,29-30H,3-7,10,13-28,34H2,1-2H3,(H,35,36)(H,38,39)/b9-8-,12-11-. The molecule has 0 saturated carbocycles. The van der Waals surface area contributed by atoms with Crippen molar-refractivity contribution in [3.05, 3.63) is 24.3 Å². The maximum absolute atomic E-state index is 12.3. The summed E-state index contributed by atoms with van der Waals surface area (Å²) in [5.74, 6) is -1.36. The largest absolute Gasteiger partial charge is 0.480 e. The monoisotopic (exact) mass is 564 g/mol. The van der Waals surface area contributed by atoms with Crippen molar-refractivity contribution in [1.82, 2.24) is 5.32 Å². The Morgan fingerprint density at radius 1 is 0.725 bits per heavy atom. The Hall–Kier alpha value is -2.15. The van der Waals surface area contributed by atoms with Gasteiger partial charge in [-0.25, -0.2) is 4.79 Å². The zero-order valence-electron chi connectivity index (χ0n) is 25.7. The third-order valence-electron chi connectivity index (χ3n) is 7.00. The molecule has 40 heavy (non-hydrogen) atoms. The van der Waals surface area contributed by atoms with Crippen LogP contribution < -0.4 is 11.1 Å². The predicted octanol–water partition coefficient (Wildman–Crippen LogP) is 7.77. The number of hydrogen-bond donors (Lipinski definition) is 3. The van der Waals surface area contributed by atoms with Crippen LogP contribution in [0.3, 0.4) is 0 Å². The van der Waals surface area contributed by atoms with Crippen molar-refractivity contribution in [2.75, 3.05) is 6.54 Å². The number of ether oxygens (including phenoxy) is 1. The molecule has 2 unspecified atom stereocenters. The summed E-state index contributed by atoms with van der Waals surface area (Å²) in [6.45, 7) is 4.73. The van der Waals surface area contributed by atoms with Gasteiger partial charge in [0.05, 0.1) is 0 Å². The van der Waals surface area contributed by atoms with Crippen LogP contribution in [0.1, 0.15) is 149 Å². The number of allylic oxidation sites excluding steroid dienone is 4. The molecular formula is C33H60N2O5. The molecular weight excluding hydrogens is 504 g/mol. The molecule has 0 bridgehead atoms. The molecule has 0 aliphatic carbocycles. The highest BCUT2D eigenvalue weighted by Gasteiger charge is 2.19. The van der Waals surface area contributed by atoms with Gasteiger partial charge in [0.1, 0.15) is 12.1 Å². The van der Waals surface area contributed by atoms with Gasteiger partial charge < -0.3 is 20.9 Å². The lowest BCUT2D eigenvalue weighted by Gasteiger charge is -2.17. The second-order valence-electron chi connectivity index (χ2n) is 10.9. The minimum Gasteiger partial charge on any atom is -0.480 e. The fourth-order valence-electron chi connectivity index (χ4n) is 4.59. The number of carboxylic acids is 1. The average Bonchev–Trinajstić information content (AvgIpc) is 2.92. The molecule has 0 aromatic heterocycles. The van der Waals surface area contributed by atoms with Crippen molar-refractivity contribution in [3.8, 4) is 0 Å². The number of carbonyl (C=O) groups excluding carboxylic acids is 2. The fraction of sp³-hybridized carbons (Fsp3) is 0.788. The summed E-state index contributed by atoms with van der Waals surface area (Å²) in [5, 5.41) is 11.8. The molecule has 0 aliphatic heterocycles. The molecule has 0 aliphatic rings. The first kappa shape index (κ1) is 37.9. The summed E-state index contributed by atoms with van der Waals surface area (Å²) in [6, 6.07) is -0.871. The first-order chi connectivity index (χ1) is 19.4. The second-order valence-corrected chi connectivity index (χ2v) is 10.9. The third-order valence-corrected chi connectivity index (χ3v) is 7.00. The van der Waals surface area contributed by atoms with E-state index in [-0.39, 0.29) is 18.0 Å². The normalized spacial score (nSPS) is 13.1. The van der Waals surface area contributed by atoms with Crippen molar-refractivity contribution in [2.45, 2.75) is 161 Å². The lowest BCUT2D eigenvalue weighted by molar-refractivity contribution is -0.150. The van der Waals surface area contributed by atoms with Crippen molar-refractivity contribution >= 4 is 17.8 Å². The first-order valence-electron chi connectivity index (χ1n) is 16.2. The summed E-state index contributed by atoms with van der Waals surface area (Å²) >= 11 is 0. The van der Waals surface area contributed by atoms with Crippen molar-refractivity contribution in [2.24, 2.45) is 5.73 Å². The number of hydrogen-bond acceptors (Lipinski definition) is 5. The molecule has 232 valence electrons. The quantitative estimate of drug-likeness (QED) is 0.0507. The molecule has 4 N–H and O–H groups in total. The van der Waals surface area contributed by atoms with Gasteiger partial charge in [0.15, 0.2) is 0 Å². The number of nitrogens with two attached hydrogens (primary N) is 1. The van der Waals surface area contributed by atoms with Crippen molar-refractivity contribution in [3.63, 3.8) is 0 Å². The fourth-order valence-corrected chi connectivity index (χ4v) is 4.59. The summed E-state index contributed by atoms with van der Waals surface area (Å²) in [4.78, 5) is 35.6. The number of carbonyl (C=O) groups is 3. The van der Waals surface area contributed by atoms with E-state index < -0.39 is 12.0 Å². The van der Waals surface area contributed by atoms with Crippen LogP contribution in [0.4, 0.5) is 0 Å². The Balaban J connectivity index is 3.87. The third kappa shape index (κ3) is 24.9. The highest BCUT2D eigenvalue weighted by molar-refractivity contribution is 5.83. The number of nitrogens with one attached hydrogen (secondary N) is 1. The van der Waals surface area contributed by atoms with Crippen LogP contribution in [0, 0.1) is 0 Å². The van der Waals surface area contributed by atoms with Gasteiger partial charge in [-0.2, -0.15) is 0 Å². The molecule has 0 radical (unpaired) electrons. The zero-order valence-corrected chi connectivity index (χ0v) is 25.7. The topological polar surface area (TPSA) is 119 Å². The van der Waals surface area contributed by atoms with Gasteiger partial charge in [0, 0.05) is 12.8 Å². The molecule has 2 atom stereocenters. The maximum Gasteiger partial charge on any atom is 0.326 e. The molecule has 0 aromatic carbocycles. The van der Waals surface area contributed by atoms with Crippen molar-refractivity contribution < 1.29 is 24.2 Å². The predicted molar refractivity (Wildman–Crippen MR) is 165 cm³/mol. The van der Waals surface area contributed by atoms with Crippen LogP contribution >= 0.6 is 0 Å². The van der Waals surface area contributed by atoms with Crippen LogP contribution in [-0.4, -0.2) is 41.6 Å². The first-order valence-corrected chi connectivity index (χ1v) is 16.2. The molecule has 0 aromatic rings. The van der Waals surface area contributed by atoms with E-state index in [9.17, 15) is 19.5 Å². The van der Waals surface area contributed by atoms with E-state index in [0.29, 0.717) is 38.6 Å².